The van der Waals surface area contributed by atoms with Gasteiger partial charge in [-0.3, -0.25) is 0 Å². The number of hydrogen-bond donors (Lipinski definition) is 0. The molecule has 1 aliphatic rings. The van der Waals surface area contributed by atoms with Crippen molar-refractivity contribution in [3.05, 3.63) is 47.5 Å². The van der Waals surface area contributed by atoms with Crippen LogP contribution in [0.1, 0.15) is 5.56 Å². The topological polar surface area (TPSA) is 61.8 Å². The van der Waals surface area contributed by atoms with E-state index in [0.717, 1.165) is 16.3 Å². The van der Waals surface area contributed by atoms with Crippen molar-refractivity contribution in [1.29, 1.82) is 0 Å². The van der Waals surface area contributed by atoms with Crippen LogP contribution in [0, 0.1) is 0 Å². The largest absolute Gasteiger partial charge is 0.473 e. The zero-order valence-electron chi connectivity index (χ0n) is 12.2. The minimum Gasteiger partial charge on any atom is -0.473 e. The summed E-state index contributed by atoms with van der Waals surface area (Å²) in [6.07, 6.45) is 0.514. The minimum atomic E-state index is -1.12. The average molecular weight is 298 g/mol. The number of carbonyl (C=O) groups excluding carboxylic acids is 2. The van der Waals surface area contributed by atoms with Gasteiger partial charge in [-0.2, -0.15) is 0 Å². The number of benzene rings is 2. The normalized spacial score (nSPS) is 16.3. The highest BCUT2D eigenvalue weighted by Gasteiger charge is 2.35. The molecule has 1 heterocycles. The fourth-order valence-electron chi connectivity index (χ4n) is 2.51. The van der Waals surface area contributed by atoms with Gasteiger partial charge in [0.2, 0.25) is 6.10 Å². The van der Waals surface area contributed by atoms with Gasteiger partial charge >= 0.3 is 11.9 Å². The lowest BCUT2D eigenvalue weighted by Crippen LogP contribution is -2.36. The van der Waals surface area contributed by atoms with E-state index in [9.17, 15) is 9.59 Å². The maximum Gasteiger partial charge on any atom is 0.352 e. The van der Waals surface area contributed by atoms with Gasteiger partial charge in [0.15, 0.2) is 0 Å². The Morgan fingerprint density at radius 3 is 2.55 bits per heavy atom. The molecule has 2 aromatic carbocycles. The monoisotopic (exact) mass is 298 g/mol. The van der Waals surface area contributed by atoms with E-state index in [1.165, 1.54) is 14.2 Å². The SMILES string of the molecule is COC(=O)C1=Cc2c(ccc3ccccc23)O[C@@H]1C(=O)OC. The van der Waals surface area contributed by atoms with Crippen molar-refractivity contribution >= 4 is 28.8 Å². The van der Waals surface area contributed by atoms with E-state index in [-0.39, 0.29) is 5.57 Å². The number of ether oxygens (including phenoxy) is 3. The van der Waals surface area contributed by atoms with Gasteiger partial charge in [-0.1, -0.05) is 30.3 Å². The second kappa shape index (κ2) is 5.52. The molecule has 5 nitrogen and oxygen atoms in total. The molecule has 0 saturated heterocycles. The Kier molecular flexibility index (Phi) is 3.55. The minimum absolute atomic E-state index is 0.123. The van der Waals surface area contributed by atoms with E-state index < -0.39 is 18.0 Å². The number of hydrogen-bond acceptors (Lipinski definition) is 5. The predicted octanol–water partition coefficient (Wildman–Crippen LogP) is 2.33. The Hall–Kier alpha value is -2.82. The van der Waals surface area contributed by atoms with Crippen LogP contribution in [0.15, 0.2) is 42.0 Å². The van der Waals surface area contributed by atoms with Gasteiger partial charge in [-0.15, -0.1) is 0 Å². The first-order valence-corrected chi connectivity index (χ1v) is 6.72. The molecule has 22 heavy (non-hydrogen) atoms. The van der Waals surface area contributed by atoms with Crippen molar-refractivity contribution in [3.8, 4) is 5.75 Å². The van der Waals surface area contributed by atoms with Crippen LogP contribution in [-0.2, 0) is 19.1 Å². The summed E-state index contributed by atoms with van der Waals surface area (Å²) in [5.41, 5.74) is 0.872. The lowest BCUT2D eigenvalue weighted by atomic mass is 9.96. The lowest BCUT2D eigenvalue weighted by molar-refractivity contribution is -0.150. The summed E-state index contributed by atoms with van der Waals surface area (Å²) >= 11 is 0. The van der Waals surface area contributed by atoms with Gasteiger partial charge in [0.25, 0.3) is 0 Å². The van der Waals surface area contributed by atoms with Gasteiger partial charge in [0.1, 0.15) is 5.75 Å². The van der Waals surface area contributed by atoms with Crippen molar-refractivity contribution in [1.82, 2.24) is 0 Å². The Morgan fingerprint density at radius 2 is 1.82 bits per heavy atom. The van der Waals surface area contributed by atoms with Gasteiger partial charge in [-0.25, -0.2) is 9.59 Å². The molecule has 1 aliphatic heterocycles. The molecular weight excluding hydrogens is 284 g/mol. The second-order valence-corrected chi connectivity index (χ2v) is 4.81. The molecule has 112 valence electrons. The first kappa shape index (κ1) is 14.1. The van der Waals surface area contributed by atoms with Crippen LogP contribution in [-0.4, -0.2) is 32.3 Å². The highest BCUT2D eigenvalue weighted by molar-refractivity contribution is 6.05. The third-order valence-electron chi connectivity index (χ3n) is 3.59. The highest BCUT2D eigenvalue weighted by Crippen LogP contribution is 2.35. The van der Waals surface area contributed by atoms with Gasteiger partial charge in [-0.05, 0) is 22.9 Å². The zero-order chi connectivity index (χ0) is 15.7. The predicted molar refractivity (Wildman–Crippen MR) is 80.4 cm³/mol. The van der Waals surface area contributed by atoms with Crippen molar-refractivity contribution < 1.29 is 23.8 Å². The summed E-state index contributed by atoms with van der Waals surface area (Å²) in [4.78, 5) is 23.8. The second-order valence-electron chi connectivity index (χ2n) is 4.81. The molecule has 0 aliphatic carbocycles. The summed E-state index contributed by atoms with van der Waals surface area (Å²) in [7, 11) is 2.51. The van der Waals surface area contributed by atoms with E-state index in [1.807, 2.05) is 30.3 Å². The van der Waals surface area contributed by atoms with Crippen molar-refractivity contribution in [2.45, 2.75) is 6.10 Å². The number of methoxy groups -OCH3 is 2. The molecule has 3 rings (SSSR count). The number of rotatable bonds is 2. The maximum absolute atomic E-state index is 12.0. The molecule has 0 saturated carbocycles. The Labute approximate surface area is 127 Å². The molecule has 0 unspecified atom stereocenters. The molecule has 0 N–H and O–H groups in total. The van der Waals surface area contributed by atoms with E-state index >= 15 is 0 Å². The van der Waals surface area contributed by atoms with Crippen LogP contribution in [0.3, 0.4) is 0 Å². The molecule has 5 heteroatoms. The van der Waals surface area contributed by atoms with Crippen LogP contribution >= 0.6 is 0 Å². The van der Waals surface area contributed by atoms with E-state index in [1.54, 1.807) is 12.1 Å². The third-order valence-corrected chi connectivity index (χ3v) is 3.59. The Balaban J connectivity index is 2.21. The van der Waals surface area contributed by atoms with E-state index in [2.05, 4.69) is 0 Å². The molecule has 0 fully saturated rings. The van der Waals surface area contributed by atoms with Gasteiger partial charge in [0.05, 0.1) is 19.8 Å². The van der Waals surface area contributed by atoms with Gasteiger partial charge < -0.3 is 14.2 Å². The van der Waals surface area contributed by atoms with Crippen LogP contribution < -0.4 is 4.74 Å². The molecule has 0 aromatic heterocycles. The van der Waals surface area contributed by atoms with Crippen molar-refractivity contribution in [2.75, 3.05) is 14.2 Å². The Bertz CT molecular complexity index is 791. The summed E-state index contributed by atoms with van der Waals surface area (Å²) in [5.74, 6) is -0.730. The summed E-state index contributed by atoms with van der Waals surface area (Å²) in [5, 5.41) is 1.95. The molecule has 0 amide bonds. The van der Waals surface area contributed by atoms with E-state index in [0.29, 0.717) is 5.75 Å². The quantitative estimate of drug-likeness (QED) is 0.796. The van der Waals surface area contributed by atoms with Crippen LogP contribution in [0.5, 0.6) is 5.75 Å². The number of fused-ring (bicyclic) bond motifs is 3. The Morgan fingerprint density at radius 1 is 1.05 bits per heavy atom. The summed E-state index contributed by atoms with van der Waals surface area (Å²) < 4.78 is 15.1. The maximum atomic E-state index is 12.0. The molecule has 0 spiro atoms. The number of esters is 2. The van der Waals surface area contributed by atoms with Crippen molar-refractivity contribution in [2.24, 2.45) is 0 Å². The van der Waals surface area contributed by atoms with Crippen molar-refractivity contribution in [3.63, 3.8) is 0 Å². The fraction of sp³-hybridized carbons (Fsp3) is 0.176. The van der Waals surface area contributed by atoms with E-state index in [4.69, 9.17) is 14.2 Å². The smallest absolute Gasteiger partial charge is 0.352 e. The first-order valence-electron chi connectivity index (χ1n) is 6.72. The molecule has 0 radical (unpaired) electrons. The molecular formula is C17H14O5. The van der Waals surface area contributed by atoms with Crippen LogP contribution in [0.4, 0.5) is 0 Å². The van der Waals surface area contributed by atoms with Gasteiger partial charge in [0, 0.05) is 5.56 Å². The molecule has 0 bridgehead atoms. The zero-order valence-corrected chi connectivity index (χ0v) is 12.2. The fourth-order valence-corrected chi connectivity index (χ4v) is 2.51. The standard InChI is InChI=1S/C17H14O5/c1-20-16(18)13-9-12-11-6-4-3-5-10(11)7-8-14(12)22-15(13)17(19)21-2/h3-9,15H,1-2H3/t15-/m0/s1. The first-order chi connectivity index (χ1) is 10.7. The number of carbonyl (C=O) groups is 2. The summed E-state index contributed by atoms with van der Waals surface area (Å²) in [6.45, 7) is 0. The molecule has 2 aromatic rings. The summed E-state index contributed by atoms with van der Waals surface area (Å²) in [6, 6.07) is 11.4. The molecule has 1 atom stereocenters. The average Bonchev–Trinajstić information content (AvgIpc) is 2.59. The third kappa shape index (κ3) is 2.20. The highest BCUT2D eigenvalue weighted by atomic mass is 16.6. The van der Waals surface area contributed by atoms with Crippen LogP contribution in [0.2, 0.25) is 0 Å². The lowest BCUT2D eigenvalue weighted by Gasteiger charge is -2.24. The van der Waals surface area contributed by atoms with Crippen LogP contribution in [0.25, 0.3) is 16.8 Å².